The minimum atomic E-state index is 0.0717. The van der Waals surface area contributed by atoms with Crippen LogP contribution in [0.3, 0.4) is 0 Å². The third kappa shape index (κ3) is 2.40. The van der Waals surface area contributed by atoms with Gasteiger partial charge in [-0.25, -0.2) is 4.98 Å². The van der Waals surface area contributed by atoms with Gasteiger partial charge in [0, 0.05) is 29.6 Å². The number of hydrogen-bond donors (Lipinski definition) is 0. The first-order valence-electron chi connectivity index (χ1n) is 7.19. The van der Waals surface area contributed by atoms with Gasteiger partial charge in [-0.1, -0.05) is 19.9 Å². The van der Waals surface area contributed by atoms with E-state index >= 15 is 0 Å². The predicted octanol–water partition coefficient (Wildman–Crippen LogP) is 4.27. The third-order valence-electron chi connectivity index (χ3n) is 3.77. The molecule has 4 heteroatoms. The molecule has 2 heterocycles. The smallest absolute Gasteiger partial charge is 0.190 e. The Bertz CT molecular complexity index is 832. The Kier molecular flexibility index (Phi) is 3.64. The van der Waals surface area contributed by atoms with Gasteiger partial charge in [0.15, 0.2) is 5.43 Å². The molecule has 0 bridgehead atoms. The van der Waals surface area contributed by atoms with Gasteiger partial charge in [0.1, 0.15) is 5.01 Å². The minimum Gasteiger partial charge on any atom is -0.339 e. The standard InChI is InChI=1S/C17H18N2OS/c1-4-19-14-6-5-12(11(2)3)9-13(14)16(20)10-15(19)17-18-7-8-21-17/h5-11H,4H2,1-3H3. The molecule has 1 aromatic carbocycles. The average molecular weight is 298 g/mol. The monoisotopic (exact) mass is 298 g/mol. The summed E-state index contributed by atoms with van der Waals surface area (Å²) < 4.78 is 2.17. The number of benzene rings is 1. The van der Waals surface area contributed by atoms with Crippen molar-refractivity contribution in [3.05, 3.63) is 51.6 Å². The van der Waals surface area contributed by atoms with Gasteiger partial charge >= 0.3 is 0 Å². The summed E-state index contributed by atoms with van der Waals surface area (Å²) in [6, 6.07) is 7.92. The Labute approximate surface area is 127 Å². The Balaban J connectivity index is 2.35. The Hall–Kier alpha value is -1.94. The summed E-state index contributed by atoms with van der Waals surface area (Å²) in [5.74, 6) is 0.419. The second kappa shape index (κ2) is 5.45. The van der Waals surface area contributed by atoms with E-state index in [1.54, 1.807) is 23.6 Å². The summed E-state index contributed by atoms with van der Waals surface area (Å²) in [7, 11) is 0. The lowest BCUT2D eigenvalue weighted by atomic mass is 10.0. The lowest BCUT2D eigenvalue weighted by Crippen LogP contribution is -2.11. The van der Waals surface area contributed by atoms with E-state index in [-0.39, 0.29) is 5.43 Å². The Morgan fingerprint density at radius 1 is 1.29 bits per heavy atom. The number of pyridine rings is 1. The topological polar surface area (TPSA) is 34.9 Å². The normalized spacial score (nSPS) is 11.4. The van der Waals surface area contributed by atoms with Gasteiger partial charge < -0.3 is 4.57 Å². The highest BCUT2D eigenvalue weighted by Gasteiger charge is 2.12. The third-order valence-corrected chi connectivity index (χ3v) is 4.57. The highest BCUT2D eigenvalue weighted by molar-refractivity contribution is 7.13. The predicted molar refractivity (Wildman–Crippen MR) is 89.1 cm³/mol. The van der Waals surface area contributed by atoms with Crippen molar-refractivity contribution in [2.75, 3.05) is 0 Å². The van der Waals surface area contributed by atoms with E-state index in [2.05, 4.69) is 42.5 Å². The van der Waals surface area contributed by atoms with Crippen LogP contribution in [-0.2, 0) is 6.54 Å². The van der Waals surface area contributed by atoms with Gasteiger partial charge in [0.2, 0.25) is 0 Å². The van der Waals surface area contributed by atoms with Crippen LogP contribution < -0.4 is 5.43 Å². The lowest BCUT2D eigenvalue weighted by Gasteiger charge is -2.15. The summed E-state index contributed by atoms with van der Waals surface area (Å²) in [6.07, 6.45) is 1.77. The second-order valence-corrected chi connectivity index (χ2v) is 6.30. The van der Waals surface area contributed by atoms with Crippen LogP contribution in [-0.4, -0.2) is 9.55 Å². The van der Waals surface area contributed by atoms with E-state index < -0.39 is 0 Å². The summed E-state index contributed by atoms with van der Waals surface area (Å²) in [4.78, 5) is 16.8. The van der Waals surface area contributed by atoms with Crippen LogP contribution in [0.25, 0.3) is 21.6 Å². The summed E-state index contributed by atoms with van der Waals surface area (Å²) in [6.45, 7) is 7.19. The number of thiazole rings is 1. The molecule has 0 unspecified atom stereocenters. The number of rotatable bonds is 3. The maximum Gasteiger partial charge on any atom is 0.190 e. The molecule has 0 amide bonds. The Morgan fingerprint density at radius 2 is 2.10 bits per heavy atom. The fraction of sp³-hybridized carbons (Fsp3) is 0.294. The minimum absolute atomic E-state index is 0.0717. The molecule has 0 aliphatic carbocycles. The van der Waals surface area contributed by atoms with Gasteiger partial charge in [-0.3, -0.25) is 4.79 Å². The van der Waals surface area contributed by atoms with Gasteiger partial charge in [-0.2, -0.15) is 0 Å². The van der Waals surface area contributed by atoms with Crippen molar-refractivity contribution < 1.29 is 0 Å². The number of nitrogens with zero attached hydrogens (tertiary/aromatic N) is 2. The first-order valence-corrected chi connectivity index (χ1v) is 8.07. The van der Waals surface area contributed by atoms with E-state index in [1.165, 1.54) is 5.56 Å². The Morgan fingerprint density at radius 3 is 2.71 bits per heavy atom. The fourth-order valence-corrected chi connectivity index (χ4v) is 3.29. The van der Waals surface area contributed by atoms with E-state index in [9.17, 15) is 4.79 Å². The summed E-state index contributed by atoms with van der Waals surface area (Å²) in [5.41, 5.74) is 3.16. The maximum absolute atomic E-state index is 12.5. The van der Waals surface area contributed by atoms with Gasteiger partial charge in [0.05, 0.1) is 11.2 Å². The van der Waals surface area contributed by atoms with E-state index in [0.717, 1.165) is 28.1 Å². The van der Waals surface area contributed by atoms with Crippen molar-refractivity contribution in [1.29, 1.82) is 0 Å². The van der Waals surface area contributed by atoms with Gasteiger partial charge in [-0.15, -0.1) is 11.3 Å². The average Bonchev–Trinajstić information content (AvgIpc) is 3.00. The summed E-state index contributed by atoms with van der Waals surface area (Å²) in [5, 5.41) is 3.62. The summed E-state index contributed by atoms with van der Waals surface area (Å²) >= 11 is 1.56. The van der Waals surface area contributed by atoms with Crippen LogP contribution >= 0.6 is 11.3 Å². The number of aromatic nitrogens is 2. The molecule has 2 aromatic heterocycles. The zero-order valence-electron chi connectivity index (χ0n) is 12.5. The fourth-order valence-electron chi connectivity index (χ4n) is 2.62. The maximum atomic E-state index is 12.5. The van der Waals surface area contributed by atoms with Crippen LogP contribution in [0, 0.1) is 0 Å². The molecule has 108 valence electrons. The van der Waals surface area contributed by atoms with E-state index in [1.807, 2.05) is 11.4 Å². The number of aryl methyl sites for hydroxylation is 1. The van der Waals surface area contributed by atoms with Crippen molar-refractivity contribution in [2.45, 2.75) is 33.2 Å². The zero-order valence-corrected chi connectivity index (χ0v) is 13.3. The van der Waals surface area contributed by atoms with Gasteiger partial charge in [0.25, 0.3) is 0 Å². The molecule has 3 nitrogen and oxygen atoms in total. The molecule has 3 rings (SSSR count). The van der Waals surface area contributed by atoms with Crippen molar-refractivity contribution in [3.63, 3.8) is 0 Å². The molecule has 0 spiro atoms. The molecule has 21 heavy (non-hydrogen) atoms. The van der Waals surface area contributed by atoms with E-state index in [4.69, 9.17) is 0 Å². The largest absolute Gasteiger partial charge is 0.339 e. The molecule has 0 fully saturated rings. The van der Waals surface area contributed by atoms with Crippen LogP contribution in [0.2, 0.25) is 0 Å². The van der Waals surface area contributed by atoms with Crippen LogP contribution in [0.4, 0.5) is 0 Å². The quantitative estimate of drug-likeness (QED) is 0.724. The lowest BCUT2D eigenvalue weighted by molar-refractivity contribution is 0.794. The molecule has 0 saturated carbocycles. The molecule has 0 aliphatic heterocycles. The first kappa shape index (κ1) is 14.0. The second-order valence-electron chi connectivity index (χ2n) is 5.41. The van der Waals surface area contributed by atoms with Gasteiger partial charge in [-0.05, 0) is 30.5 Å². The molecule has 0 aliphatic rings. The van der Waals surface area contributed by atoms with Crippen LogP contribution in [0.1, 0.15) is 32.3 Å². The molecule has 0 saturated heterocycles. The highest BCUT2D eigenvalue weighted by Crippen LogP contribution is 2.26. The number of fused-ring (bicyclic) bond motifs is 1. The zero-order chi connectivity index (χ0) is 15.0. The van der Waals surface area contributed by atoms with Crippen molar-refractivity contribution in [1.82, 2.24) is 9.55 Å². The van der Waals surface area contributed by atoms with Crippen molar-refractivity contribution in [2.24, 2.45) is 0 Å². The molecule has 0 atom stereocenters. The van der Waals surface area contributed by atoms with Crippen molar-refractivity contribution in [3.8, 4) is 10.7 Å². The highest BCUT2D eigenvalue weighted by atomic mass is 32.1. The first-order chi connectivity index (χ1) is 10.1. The molecule has 0 radical (unpaired) electrons. The molecule has 3 aromatic rings. The van der Waals surface area contributed by atoms with Crippen LogP contribution in [0.5, 0.6) is 0 Å². The molecular formula is C17H18N2OS. The molecular weight excluding hydrogens is 280 g/mol. The van der Waals surface area contributed by atoms with Crippen molar-refractivity contribution >= 4 is 22.2 Å². The molecule has 0 N–H and O–H groups in total. The number of hydrogen-bond acceptors (Lipinski definition) is 3. The van der Waals surface area contributed by atoms with Crippen LogP contribution in [0.15, 0.2) is 40.6 Å². The SMILES string of the molecule is CCn1c(-c2nccs2)cc(=O)c2cc(C(C)C)ccc21. The van der Waals surface area contributed by atoms with E-state index in [0.29, 0.717) is 5.92 Å².